The molecule has 1 atom stereocenters. The van der Waals surface area contributed by atoms with E-state index in [9.17, 15) is 5.11 Å². The summed E-state index contributed by atoms with van der Waals surface area (Å²) in [5.74, 6) is 2.12. The predicted octanol–water partition coefficient (Wildman–Crippen LogP) is 3.06. The third kappa shape index (κ3) is 3.60. The largest absolute Gasteiger partial charge is 0.486 e. The first kappa shape index (κ1) is 16.4. The number of rotatable bonds is 5. The van der Waals surface area contributed by atoms with Crippen molar-refractivity contribution in [1.82, 2.24) is 9.97 Å². The van der Waals surface area contributed by atoms with Gasteiger partial charge in [0.25, 0.3) is 0 Å². The number of benzene rings is 2. The van der Waals surface area contributed by atoms with Crippen molar-refractivity contribution in [2.45, 2.75) is 6.10 Å². The molecule has 1 aliphatic rings. The third-order valence-corrected chi connectivity index (χ3v) is 4.17. The van der Waals surface area contributed by atoms with Gasteiger partial charge in [-0.05, 0) is 23.8 Å². The number of nitrogens with zero attached hydrogens (tertiary/aromatic N) is 2. The highest BCUT2D eigenvalue weighted by Gasteiger charge is 2.13. The molecular formula is C20H19N3O3. The van der Waals surface area contributed by atoms with Crippen LogP contribution in [-0.2, 0) is 0 Å². The normalized spacial score (nSPS) is 13.9. The Morgan fingerprint density at radius 3 is 2.62 bits per heavy atom. The molecular weight excluding hydrogens is 330 g/mol. The van der Waals surface area contributed by atoms with Gasteiger partial charge in [0.1, 0.15) is 25.4 Å². The fraction of sp³-hybridized carbons (Fsp3) is 0.200. The smallest absolute Gasteiger partial charge is 0.162 e. The van der Waals surface area contributed by atoms with E-state index in [1.807, 2.05) is 54.6 Å². The Hall–Kier alpha value is -3.12. The van der Waals surface area contributed by atoms with Gasteiger partial charge in [0.05, 0.1) is 11.8 Å². The molecule has 0 aliphatic carbocycles. The molecule has 26 heavy (non-hydrogen) atoms. The van der Waals surface area contributed by atoms with Gasteiger partial charge in [-0.25, -0.2) is 9.97 Å². The molecule has 0 radical (unpaired) electrons. The number of aromatic nitrogens is 2. The lowest BCUT2D eigenvalue weighted by Gasteiger charge is -2.18. The quantitative estimate of drug-likeness (QED) is 0.737. The van der Waals surface area contributed by atoms with Crippen molar-refractivity contribution >= 4 is 5.82 Å². The van der Waals surface area contributed by atoms with Crippen molar-refractivity contribution in [3.63, 3.8) is 0 Å². The summed E-state index contributed by atoms with van der Waals surface area (Å²) in [6.45, 7) is 1.48. The van der Waals surface area contributed by atoms with E-state index in [0.717, 1.165) is 28.3 Å². The molecule has 132 valence electrons. The van der Waals surface area contributed by atoms with Gasteiger partial charge in [-0.2, -0.15) is 0 Å². The highest BCUT2D eigenvalue weighted by atomic mass is 16.6. The van der Waals surface area contributed by atoms with Gasteiger partial charge in [0.15, 0.2) is 11.5 Å². The summed E-state index contributed by atoms with van der Waals surface area (Å²) in [5, 5.41) is 13.4. The van der Waals surface area contributed by atoms with Crippen LogP contribution in [0.1, 0.15) is 11.7 Å². The Balaban J connectivity index is 1.48. The van der Waals surface area contributed by atoms with Gasteiger partial charge in [-0.15, -0.1) is 0 Å². The van der Waals surface area contributed by atoms with Gasteiger partial charge in [-0.3, -0.25) is 0 Å². The fourth-order valence-electron chi connectivity index (χ4n) is 2.81. The topological polar surface area (TPSA) is 76.5 Å². The van der Waals surface area contributed by atoms with Crippen LogP contribution in [0.2, 0.25) is 0 Å². The maximum atomic E-state index is 10.3. The minimum atomic E-state index is -0.607. The summed E-state index contributed by atoms with van der Waals surface area (Å²) in [6.07, 6.45) is 0.896. The number of nitrogens with one attached hydrogen (secondary N) is 1. The van der Waals surface area contributed by atoms with Crippen molar-refractivity contribution < 1.29 is 14.6 Å². The van der Waals surface area contributed by atoms with Crippen molar-refractivity contribution in [1.29, 1.82) is 0 Å². The van der Waals surface area contributed by atoms with Crippen LogP contribution in [0.25, 0.3) is 11.3 Å². The highest BCUT2D eigenvalue weighted by Crippen LogP contribution is 2.34. The zero-order valence-electron chi connectivity index (χ0n) is 14.1. The monoisotopic (exact) mass is 349 g/mol. The van der Waals surface area contributed by atoms with Crippen LogP contribution < -0.4 is 14.8 Å². The Bertz CT molecular complexity index is 886. The number of anilines is 1. The number of aliphatic hydroxyl groups is 1. The molecule has 4 rings (SSSR count). The Morgan fingerprint density at radius 2 is 1.77 bits per heavy atom. The van der Waals surface area contributed by atoms with E-state index in [-0.39, 0.29) is 0 Å². The molecule has 0 saturated heterocycles. The lowest BCUT2D eigenvalue weighted by Crippen LogP contribution is -2.15. The molecule has 0 fully saturated rings. The molecule has 0 spiro atoms. The second-order valence-electron chi connectivity index (χ2n) is 5.95. The van der Waals surface area contributed by atoms with Crippen molar-refractivity contribution in [2.75, 3.05) is 25.1 Å². The first-order valence-electron chi connectivity index (χ1n) is 8.48. The predicted molar refractivity (Wildman–Crippen MR) is 98.3 cm³/mol. The molecule has 0 saturated carbocycles. The summed E-state index contributed by atoms with van der Waals surface area (Å²) < 4.78 is 11.2. The molecule has 6 nitrogen and oxygen atoms in total. The van der Waals surface area contributed by atoms with Crippen LogP contribution in [0.4, 0.5) is 5.82 Å². The summed E-state index contributed by atoms with van der Waals surface area (Å²) in [6, 6.07) is 17.1. The van der Waals surface area contributed by atoms with Crippen LogP contribution >= 0.6 is 0 Å². The number of hydrogen-bond donors (Lipinski definition) is 2. The summed E-state index contributed by atoms with van der Waals surface area (Å²) in [5.41, 5.74) is 2.55. The molecule has 0 unspecified atom stereocenters. The van der Waals surface area contributed by atoms with E-state index in [2.05, 4.69) is 15.3 Å². The minimum Gasteiger partial charge on any atom is -0.486 e. The lowest BCUT2D eigenvalue weighted by molar-refractivity contribution is 0.171. The van der Waals surface area contributed by atoms with E-state index < -0.39 is 6.10 Å². The Labute approximate surface area is 151 Å². The van der Waals surface area contributed by atoms with Gasteiger partial charge in [0.2, 0.25) is 0 Å². The van der Waals surface area contributed by atoms with Crippen LogP contribution in [0, 0.1) is 0 Å². The molecule has 0 bridgehead atoms. The van der Waals surface area contributed by atoms with Crippen molar-refractivity contribution in [3.05, 3.63) is 66.5 Å². The van der Waals surface area contributed by atoms with Crippen molar-refractivity contribution in [2.24, 2.45) is 0 Å². The maximum absolute atomic E-state index is 10.3. The summed E-state index contributed by atoms with van der Waals surface area (Å²) >= 11 is 0. The van der Waals surface area contributed by atoms with Crippen LogP contribution in [0.3, 0.4) is 0 Å². The van der Waals surface area contributed by atoms with Crippen LogP contribution in [0.15, 0.2) is 60.9 Å². The standard InChI is InChI=1S/C20H19N3O3/c24-17(14-4-2-1-3-5-14)12-21-20-11-16(22-13-23-20)15-6-7-18-19(10-15)26-9-8-25-18/h1-7,10-11,13,17,24H,8-9,12H2,(H,21,22,23)/t17-/m0/s1. The number of ether oxygens (including phenoxy) is 2. The summed E-state index contributed by atoms with van der Waals surface area (Å²) in [4.78, 5) is 8.56. The molecule has 1 aromatic heterocycles. The van der Waals surface area contributed by atoms with E-state index in [1.165, 1.54) is 6.33 Å². The molecule has 2 N–H and O–H groups in total. The van der Waals surface area contributed by atoms with Gasteiger partial charge < -0.3 is 19.9 Å². The zero-order valence-corrected chi connectivity index (χ0v) is 14.1. The maximum Gasteiger partial charge on any atom is 0.162 e. The number of fused-ring (bicyclic) bond motifs is 1. The molecule has 3 aromatic rings. The molecule has 1 aliphatic heterocycles. The van der Waals surface area contributed by atoms with Crippen LogP contribution in [0.5, 0.6) is 11.5 Å². The second-order valence-corrected chi connectivity index (χ2v) is 5.95. The second kappa shape index (κ2) is 7.41. The van der Waals surface area contributed by atoms with Crippen molar-refractivity contribution in [3.8, 4) is 22.8 Å². The first-order valence-corrected chi connectivity index (χ1v) is 8.48. The number of aliphatic hydroxyl groups excluding tert-OH is 1. The van der Waals surface area contributed by atoms with E-state index >= 15 is 0 Å². The third-order valence-electron chi connectivity index (χ3n) is 4.17. The molecule has 2 aromatic carbocycles. The summed E-state index contributed by atoms with van der Waals surface area (Å²) in [7, 11) is 0. The Kier molecular flexibility index (Phi) is 4.66. The molecule has 6 heteroatoms. The van der Waals surface area contributed by atoms with Gasteiger partial charge >= 0.3 is 0 Å². The Morgan fingerprint density at radius 1 is 0.962 bits per heavy atom. The van der Waals surface area contributed by atoms with Gasteiger partial charge in [-0.1, -0.05) is 30.3 Å². The lowest BCUT2D eigenvalue weighted by atomic mass is 10.1. The fourth-order valence-corrected chi connectivity index (χ4v) is 2.81. The van der Waals surface area contributed by atoms with Gasteiger partial charge in [0, 0.05) is 18.2 Å². The van der Waals surface area contributed by atoms with E-state index in [1.54, 1.807) is 0 Å². The molecule has 0 amide bonds. The van der Waals surface area contributed by atoms with E-state index in [4.69, 9.17) is 9.47 Å². The average molecular weight is 349 g/mol. The van der Waals surface area contributed by atoms with E-state index in [0.29, 0.717) is 25.6 Å². The molecule has 2 heterocycles. The SMILES string of the molecule is O[C@@H](CNc1cc(-c2ccc3c(c2)OCCO3)ncn1)c1ccccc1. The number of hydrogen-bond acceptors (Lipinski definition) is 6. The zero-order chi connectivity index (χ0) is 17.8. The van der Waals surface area contributed by atoms with Crippen LogP contribution in [-0.4, -0.2) is 34.8 Å². The first-order chi connectivity index (χ1) is 12.8. The average Bonchev–Trinajstić information content (AvgIpc) is 2.72. The minimum absolute atomic E-state index is 0.363. The highest BCUT2D eigenvalue weighted by molar-refractivity contribution is 5.66.